The van der Waals surface area contributed by atoms with Gasteiger partial charge in [-0.05, 0) is 37.8 Å². The number of aliphatic hydroxyl groups is 1. The first-order valence-electron chi connectivity index (χ1n) is 6.11. The molecule has 2 N–H and O–H groups in total. The maximum atomic E-state index is 13.4. The highest BCUT2D eigenvalue weighted by Crippen LogP contribution is 2.20. The molecule has 0 aliphatic heterocycles. The lowest BCUT2D eigenvalue weighted by atomic mass is 9.93. The van der Waals surface area contributed by atoms with Gasteiger partial charge >= 0.3 is 0 Å². The summed E-state index contributed by atoms with van der Waals surface area (Å²) in [5.41, 5.74) is -0.509. The lowest BCUT2D eigenvalue weighted by molar-refractivity contribution is 0.0863. The molecular weight excluding hydrogens is 259 g/mol. The van der Waals surface area contributed by atoms with Crippen LogP contribution in [0, 0.1) is 17.5 Å². The van der Waals surface area contributed by atoms with E-state index in [9.17, 15) is 23.1 Å². The van der Waals surface area contributed by atoms with E-state index in [-0.39, 0.29) is 12.1 Å². The molecule has 19 heavy (non-hydrogen) atoms. The lowest BCUT2D eigenvalue weighted by Crippen LogP contribution is -2.39. The Balaban J connectivity index is 2.06. The topological polar surface area (TPSA) is 49.3 Å². The summed E-state index contributed by atoms with van der Waals surface area (Å²) in [7, 11) is 0. The number of carbonyl (C=O) groups is 1. The van der Waals surface area contributed by atoms with Crippen molar-refractivity contribution in [2.24, 2.45) is 0 Å². The number of halogens is 3. The predicted octanol–water partition coefficient (Wildman–Crippen LogP) is 2.14. The van der Waals surface area contributed by atoms with E-state index in [0.29, 0.717) is 25.7 Å². The van der Waals surface area contributed by atoms with Gasteiger partial charge in [-0.1, -0.05) is 0 Å². The summed E-state index contributed by atoms with van der Waals surface area (Å²) in [5, 5.41) is 11.9. The molecule has 0 heterocycles. The summed E-state index contributed by atoms with van der Waals surface area (Å²) < 4.78 is 39.2. The third-order valence-corrected chi connectivity index (χ3v) is 3.31. The van der Waals surface area contributed by atoms with Crippen LogP contribution in [0.3, 0.4) is 0 Å². The van der Waals surface area contributed by atoms with Gasteiger partial charge in [-0.3, -0.25) is 4.79 Å². The molecule has 0 atom stereocenters. The van der Waals surface area contributed by atoms with Gasteiger partial charge < -0.3 is 10.4 Å². The van der Waals surface area contributed by atoms with Crippen molar-refractivity contribution < 1.29 is 23.1 Å². The molecule has 0 spiro atoms. The zero-order valence-corrected chi connectivity index (χ0v) is 10.1. The van der Waals surface area contributed by atoms with Crippen molar-refractivity contribution in [2.75, 3.05) is 0 Å². The van der Waals surface area contributed by atoms with Crippen molar-refractivity contribution in [3.63, 3.8) is 0 Å². The first-order valence-corrected chi connectivity index (χ1v) is 6.11. The van der Waals surface area contributed by atoms with Gasteiger partial charge in [-0.15, -0.1) is 0 Å². The Bertz CT molecular complexity index is 485. The van der Waals surface area contributed by atoms with Gasteiger partial charge in [0, 0.05) is 6.04 Å². The predicted molar refractivity (Wildman–Crippen MR) is 62.0 cm³/mol. The van der Waals surface area contributed by atoms with Crippen LogP contribution in [0.4, 0.5) is 13.2 Å². The number of hydrogen-bond donors (Lipinski definition) is 2. The smallest absolute Gasteiger partial charge is 0.254 e. The third-order valence-electron chi connectivity index (χ3n) is 3.31. The van der Waals surface area contributed by atoms with Crippen LogP contribution in [0.25, 0.3) is 0 Å². The molecule has 0 radical (unpaired) electrons. The highest BCUT2D eigenvalue weighted by molar-refractivity contribution is 5.94. The molecule has 0 bridgehead atoms. The number of nitrogens with one attached hydrogen (secondary N) is 1. The highest BCUT2D eigenvalue weighted by Gasteiger charge is 2.24. The van der Waals surface area contributed by atoms with Crippen molar-refractivity contribution in [1.29, 1.82) is 0 Å². The van der Waals surface area contributed by atoms with Crippen LogP contribution >= 0.6 is 0 Å². The van der Waals surface area contributed by atoms with Crippen LogP contribution in [0.1, 0.15) is 36.0 Å². The molecule has 1 aliphatic rings. The summed E-state index contributed by atoms with van der Waals surface area (Å²) >= 11 is 0. The quantitative estimate of drug-likeness (QED) is 0.811. The fraction of sp³-hybridized carbons (Fsp3) is 0.462. The molecule has 0 aromatic heterocycles. The van der Waals surface area contributed by atoms with Gasteiger partial charge in [0.05, 0.1) is 11.7 Å². The molecule has 2 rings (SSSR count). The molecule has 1 aliphatic carbocycles. The van der Waals surface area contributed by atoms with E-state index >= 15 is 0 Å². The minimum atomic E-state index is -1.65. The van der Waals surface area contributed by atoms with Gasteiger partial charge in [-0.2, -0.15) is 0 Å². The summed E-state index contributed by atoms with van der Waals surface area (Å²) in [5.74, 6) is -5.22. The average molecular weight is 273 g/mol. The number of aliphatic hydroxyl groups excluding tert-OH is 1. The van der Waals surface area contributed by atoms with E-state index in [0.717, 1.165) is 12.1 Å². The van der Waals surface area contributed by atoms with Crippen molar-refractivity contribution in [3.05, 3.63) is 35.1 Å². The van der Waals surface area contributed by atoms with Gasteiger partial charge in [0.25, 0.3) is 5.91 Å². The molecule has 6 heteroatoms. The molecule has 0 unspecified atom stereocenters. The number of hydrogen-bond acceptors (Lipinski definition) is 2. The van der Waals surface area contributed by atoms with Gasteiger partial charge in [-0.25, -0.2) is 13.2 Å². The number of carbonyl (C=O) groups excluding carboxylic acids is 1. The van der Waals surface area contributed by atoms with Crippen molar-refractivity contribution in [2.45, 2.75) is 37.8 Å². The maximum absolute atomic E-state index is 13.4. The number of benzene rings is 1. The Morgan fingerprint density at radius 3 is 2.37 bits per heavy atom. The molecule has 1 fully saturated rings. The molecule has 0 saturated heterocycles. The third kappa shape index (κ3) is 3.07. The van der Waals surface area contributed by atoms with Crippen LogP contribution in [-0.2, 0) is 0 Å². The van der Waals surface area contributed by atoms with Crippen molar-refractivity contribution >= 4 is 5.91 Å². The molecule has 1 aromatic rings. The maximum Gasteiger partial charge on any atom is 0.254 e. The molecule has 1 aromatic carbocycles. The zero-order chi connectivity index (χ0) is 14.0. The minimum absolute atomic E-state index is 0.177. The normalized spacial score (nSPS) is 23.2. The SMILES string of the molecule is O=C(NC1CCC(O)CC1)c1ccc(F)c(F)c1F. The highest BCUT2D eigenvalue weighted by atomic mass is 19.2. The lowest BCUT2D eigenvalue weighted by Gasteiger charge is -2.26. The Hall–Kier alpha value is -1.56. The Kier molecular flexibility index (Phi) is 4.09. The first kappa shape index (κ1) is 13.9. The van der Waals surface area contributed by atoms with E-state index in [4.69, 9.17) is 0 Å². The monoisotopic (exact) mass is 273 g/mol. The fourth-order valence-electron chi connectivity index (χ4n) is 2.18. The van der Waals surface area contributed by atoms with E-state index in [1.165, 1.54) is 0 Å². The molecule has 104 valence electrons. The van der Waals surface area contributed by atoms with Crippen LogP contribution in [0.2, 0.25) is 0 Å². The van der Waals surface area contributed by atoms with E-state index in [1.54, 1.807) is 0 Å². The van der Waals surface area contributed by atoms with Crippen LogP contribution in [-0.4, -0.2) is 23.2 Å². The van der Waals surface area contributed by atoms with Crippen molar-refractivity contribution in [3.8, 4) is 0 Å². The number of amides is 1. The standard InChI is InChI=1S/C13H14F3NO2/c14-10-6-5-9(11(15)12(10)16)13(19)17-7-1-3-8(18)4-2-7/h5-8,18H,1-4H2,(H,17,19). The first-order chi connectivity index (χ1) is 8.99. The Morgan fingerprint density at radius 1 is 1.11 bits per heavy atom. The minimum Gasteiger partial charge on any atom is -0.393 e. The van der Waals surface area contributed by atoms with Gasteiger partial charge in [0.2, 0.25) is 0 Å². The average Bonchev–Trinajstić information content (AvgIpc) is 2.39. The van der Waals surface area contributed by atoms with E-state index in [1.807, 2.05) is 0 Å². The van der Waals surface area contributed by atoms with Gasteiger partial charge in [0.1, 0.15) is 0 Å². The van der Waals surface area contributed by atoms with Crippen LogP contribution in [0.5, 0.6) is 0 Å². The number of rotatable bonds is 2. The summed E-state index contributed by atoms with van der Waals surface area (Å²) in [6, 6.07) is 1.46. The second-order valence-corrected chi connectivity index (χ2v) is 4.70. The largest absolute Gasteiger partial charge is 0.393 e. The van der Waals surface area contributed by atoms with Crippen LogP contribution in [0.15, 0.2) is 12.1 Å². The molecule has 1 saturated carbocycles. The second-order valence-electron chi connectivity index (χ2n) is 4.70. The van der Waals surface area contributed by atoms with Gasteiger partial charge in [0.15, 0.2) is 17.5 Å². The summed E-state index contributed by atoms with van der Waals surface area (Å²) in [6.45, 7) is 0. The fourth-order valence-corrected chi connectivity index (χ4v) is 2.18. The van der Waals surface area contributed by atoms with E-state index in [2.05, 4.69) is 5.32 Å². The second kappa shape index (κ2) is 5.61. The molecule has 3 nitrogen and oxygen atoms in total. The summed E-state index contributed by atoms with van der Waals surface area (Å²) in [6.07, 6.45) is 1.92. The molecule has 1 amide bonds. The Labute approximate surface area is 108 Å². The molecular formula is C13H14F3NO2. The Morgan fingerprint density at radius 2 is 1.74 bits per heavy atom. The zero-order valence-electron chi connectivity index (χ0n) is 10.1. The summed E-state index contributed by atoms with van der Waals surface area (Å²) in [4.78, 5) is 11.8. The van der Waals surface area contributed by atoms with Crippen LogP contribution < -0.4 is 5.32 Å². The van der Waals surface area contributed by atoms with E-state index < -0.39 is 28.9 Å². The van der Waals surface area contributed by atoms with Crippen molar-refractivity contribution in [1.82, 2.24) is 5.32 Å².